The zero-order valence-corrected chi connectivity index (χ0v) is 18.0. The molecule has 2 N–H and O–H groups in total. The second-order valence-corrected chi connectivity index (χ2v) is 8.98. The summed E-state index contributed by atoms with van der Waals surface area (Å²) in [5, 5.41) is 11.5. The minimum absolute atomic E-state index is 0.0158. The Morgan fingerprint density at radius 2 is 1.94 bits per heavy atom. The standard InChI is InChI=1S/C22H21N3O6S/c1-3-15-5-4-6-18(11-15)25(14-20(26)23-2)32(30,31)19-9-7-17(8-10-19)24-13-16(22(28)29)12-21(24)27/h1,4-11,16H,12-14H2,2H3,(H,23,26)(H,28,29). The van der Waals surface area contributed by atoms with Crippen LogP contribution in [0.3, 0.4) is 0 Å². The van der Waals surface area contributed by atoms with Gasteiger partial charge in [0.15, 0.2) is 0 Å². The first kappa shape index (κ1) is 22.8. The van der Waals surface area contributed by atoms with Crippen LogP contribution in [0.2, 0.25) is 0 Å². The van der Waals surface area contributed by atoms with Gasteiger partial charge in [0, 0.05) is 31.3 Å². The average Bonchev–Trinajstić information content (AvgIpc) is 3.19. The van der Waals surface area contributed by atoms with Gasteiger partial charge in [0.05, 0.1) is 16.5 Å². The third-order valence-electron chi connectivity index (χ3n) is 5.08. The molecule has 0 aromatic heterocycles. The topological polar surface area (TPSA) is 124 Å². The zero-order valence-electron chi connectivity index (χ0n) is 17.2. The van der Waals surface area contributed by atoms with Crippen LogP contribution < -0.4 is 14.5 Å². The average molecular weight is 455 g/mol. The monoisotopic (exact) mass is 455 g/mol. The lowest BCUT2D eigenvalue weighted by molar-refractivity contribution is -0.141. The SMILES string of the molecule is C#Cc1cccc(N(CC(=O)NC)S(=O)(=O)c2ccc(N3CC(C(=O)O)CC3=O)cc2)c1. The molecule has 1 aliphatic rings. The minimum Gasteiger partial charge on any atom is -0.481 e. The number of terminal acetylenes is 1. The fraction of sp³-hybridized carbons (Fsp3) is 0.227. The quantitative estimate of drug-likeness (QED) is 0.602. The van der Waals surface area contributed by atoms with Gasteiger partial charge < -0.3 is 15.3 Å². The Labute approximate surface area is 185 Å². The minimum atomic E-state index is -4.16. The van der Waals surface area contributed by atoms with Gasteiger partial charge in [-0.15, -0.1) is 6.42 Å². The van der Waals surface area contributed by atoms with Crippen LogP contribution in [-0.2, 0) is 24.4 Å². The number of nitrogens with one attached hydrogen (secondary N) is 1. The number of amides is 2. The van der Waals surface area contributed by atoms with Crippen LogP contribution in [0.15, 0.2) is 53.4 Å². The summed E-state index contributed by atoms with van der Waals surface area (Å²) in [6.45, 7) is -0.443. The fourth-order valence-corrected chi connectivity index (χ4v) is 4.74. The van der Waals surface area contributed by atoms with Crippen molar-refractivity contribution in [2.24, 2.45) is 5.92 Å². The normalized spacial score (nSPS) is 15.8. The van der Waals surface area contributed by atoms with Gasteiger partial charge in [0.25, 0.3) is 10.0 Å². The molecule has 10 heteroatoms. The van der Waals surface area contributed by atoms with E-state index < -0.39 is 34.4 Å². The Bertz CT molecular complexity index is 1200. The number of nitrogens with zero attached hydrogens (tertiary/aromatic N) is 2. The third kappa shape index (κ3) is 4.58. The number of hydrogen-bond acceptors (Lipinski definition) is 5. The molecule has 0 spiro atoms. The van der Waals surface area contributed by atoms with Crippen molar-refractivity contribution in [1.82, 2.24) is 5.32 Å². The zero-order chi connectivity index (χ0) is 23.5. The lowest BCUT2D eigenvalue weighted by Crippen LogP contribution is -2.39. The van der Waals surface area contributed by atoms with Gasteiger partial charge in [-0.3, -0.25) is 18.7 Å². The summed E-state index contributed by atoms with van der Waals surface area (Å²) in [4.78, 5) is 36.6. The predicted molar refractivity (Wildman–Crippen MR) is 118 cm³/mol. The second kappa shape index (κ2) is 9.11. The van der Waals surface area contributed by atoms with Gasteiger partial charge in [0.1, 0.15) is 6.54 Å². The summed E-state index contributed by atoms with van der Waals surface area (Å²) >= 11 is 0. The van der Waals surface area contributed by atoms with Crippen molar-refractivity contribution in [1.29, 1.82) is 0 Å². The maximum absolute atomic E-state index is 13.4. The van der Waals surface area contributed by atoms with E-state index in [1.165, 1.54) is 48.3 Å². The maximum atomic E-state index is 13.4. The summed E-state index contributed by atoms with van der Waals surface area (Å²) in [7, 11) is -2.76. The van der Waals surface area contributed by atoms with Crippen LogP contribution in [0, 0.1) is 18.3 Å². The first-order valence-corrected chi connectivity index (χ1v) is 11.0. The number of carboxylic acid groups (broad SMARTS) is 1. The molecule has 0 bridgehead atoms. The highest BCUT2D eigenvalue weighted by Crippen LogP contribution is 2.29. The Balaban J connectivity index is 1.94. The molecule has 2 aromatic rings. The molecule has 1 atom stereocenters. The first-order valence-electron chi connectivity index (χ1n) is 9.60. The maximum Gasteiger partial charge on any atom is 0.308 e. The van der Waals surface area contributed by atoms with E-state index in [9.17, 15) is 22.8 Å². The molecular formula is C22H21N3O6S. The smallest absolute Gasteiger partial charge is 0.308 e. The van der Waals surface area contributed by atoms with Crippen LogP contribution in [0.4, 0.5) is 11.4 Å². The number of sulfonamides is 1. The van der Waals surface area contributed by atoms with Crippen LogP contribution in [0.1, 0.15) is 12.0 Å². The number of rotatable bonds is 7. The van der Waals surface area contributed by atoms with Crippen LogP contribution >= 0.6 is 0 Å². The Hall–Kier alpha value is -3.84. The van der Waals surface area contributed by atoms with Crippen molar-refractivity contribution >= 4 is 39.2 Å². The Kier molecular flexibility index (Phi) is 6.50. The van der Waals surface area contributed by atoms with Crippen LogP contribution in [-0.4, -0.2) is 51.4 Å². The van der Waals surface area contributed by atoms with E-state index in [4.69, 9.17) is 11.5 Å². The molecule has 0 saturated carbocycles. The molecule has 32 heavy (non-hydrogen) atoms. The highest BCUT2D eigenvalue weighted by molar-refractivity contribution is 7.92. The third-order valence-corrected chi connectivity index (χ3v) is 6.87. The van der Waals surface area contributed by atoms with Crippen molar-refractivity contribution in [3.05, 3.63) is 54.1 Å². The van der Waals surface area contributed by atoms with E-state index in [0.717, 1.165) is 4.31 Å². The summed E-state index contributed by atoms with van der Waals surface area (Å²) < 4.78 is 27.7. The molecule has 0 radical (unpaired) electrons. The number of likely N-dealkylation sites (N-methyl/N-ethyl adjacent to an activating group) is 1. The lowest BCUT2D eigenvalue weighted by Gasteiger charge is -2.24. The Morgan fingerprint density at radius 3 is 2.50 bits per heavy atom. The molecule has 2 aromatic carbocycles. The molecule has 1 heterocycles. The highest BCUT2D eigenvalue weighted by atomic mass is 32.2. The number of carbonyl (C=O) groups excluding carboxylic acids is 2. The highest BCUT2D eigenvalue weighted by Gasteiger charge is 2.35. The number of hydrogen-bond donors (Lipinski definition) is 2. The largest absolute Gasteiger partial charge is 0.481 e. The number of anilines is 2. The van der Waals surface area contributed by atoms with Crippen molar-refractivity contribution in [3.8, 4) is 12.3 Å². The summed E-state index contributed by atoms with van der Waals surface area (Å²) in [5.41, 5.74) is 1.08. The molecular weight excluding hydrogens is 434 g/mol. The van der Waals surface area contributed by atoms with Gasteiger partial charge in [0.2, 0.25) is 11.8 Å². The molecule has 0 aliphatic carbocycles. The van der Waals surface area contributed by atoms with E-state index in [-0.39, 0.29) is 29.5 Å². The Morgan fingerprint density at radius 1 is 1.25 bits per heavy atom. The molecule has 166 valence electrons. The molecule has 1 aliphatic heterocycles. The molecule has 1 unspecified atom stereocenters. The van der Waals surface area contributed by atoms with Gasteiger partial charge in [-0.2, -0.15) is 0 Å². The van der Waals surface area contributed by atoms with Crippen molar-refractivity contribution in [3.63, 3.8) is 0 Å². The number of benzene rings is 2. The summed E-state index contributed by atoms with van der Waals surface area (Å²) in [5.74, 6) is -0.293. The van der Waals surface area contributed by atoms with Gasteiger partial charge in [-0.05, 0) is 42.5 Å². The number of aliphatic carboxylic acids is 1. The van der Waals surface area contributed by atoms with Crippen molar-refractivity contribution in [2.45, 2.75) is 11.3 Å². The van der Waals surface area contributed by atoms with Gasteiger partial charge in [-0.25, -0.2) is 8.42 Å². The number of carbonyl (C=O) groups is 3. The lowest BCUT2D eigenvalue weighted by atomic mass is 10.1. The van der Waals surface area contributed by atoms with Gasteiger partial charge >= 0.3 is 5.97 Å². The van der Waals surface area contributed by atoms with Crippen LogP contribution in [0.25, 0.3) is 0 Å². The molecule has 9 nitrogen and oxygen atoms in total. The van der Waals surface area contributed by atoms with Crippen LogP contribution in [0.5, 0.6) is 0 Å². The van der Waals surface area contributed by atoms with E-state index in [2.05, 4.69) is 11.2 Å². The molecule has 3 rings (SSSR count). The first-order chi connectivity index (χ1) is 15.2. The van der Waals surface area contributed by atoms with Gasteiger partial charge in [-0.1, -0.05) is 12.0 Å². The molecule has 2 amide bonds. The number of carboxylic acids is 1. The van der Waals surface area contributed by atoms with Crippen molar-refractivity contribution < 1.29 is 27.9 Å². The fourth-order valence-electron chi connectivity index (χ4n) is 3.32. The summed E-state index contributed by atoms with van der Waals surface area (Å²) in [6.07, 6.45) is 5.31. The summed E-state index contributed by atoms with van der Waals surface area (Å²) in [6, 6.07) is 11.8. The van der Waals surface area contributed by atoms with E-state index in [0.29, 0.717) is 11.3 Å². The van der Waals surface area contributed by atoms with E-state index >= 15 is 0 Å². The molecule has 1 saturated heterocycles. The second-order valence-electron chi connectivity index (χ2n) is 7.12. The van der Waals surface area contributed by atoms with E-state index in [1.807, 2.05) is 0 Å². The van der Waals surface area contributed by atoms with E-state index in [1.54, 1.807) is 12.1 Å². The van der Waals surface area contributed by atoms with Crippen molar-refractivity contribution in [2.75, 3.05) is 29.3 Å². The molecule has 1 fully saturated rings. The predicted octanol–water partition coefficient (Wildman–Crippen LogP) is 1.05.